The summed E-state index contributed by atoms with van der Waals surface area (Å²) in [4.78, 5) is 25.4. The lowest BCUT2D eigenvalue weighted by atomic mass is 9.98. The van der Waals surface area contributed by atoms with Crippen molar-refractivity contribution in [1.82, 2.24) is 15.5 Å². The zero-order chi connectivity index (χ0) is 13.8. The van der Waals surface area contributed by atoms with Crippen LogP contribution in [-0.2, 0) is 9.59 Å². The van der Waals surface area contributed by atoms with Gasteiger partial charge in [-0.3, -0.25) is 9.59 Å². The summed E-state index contributed by atoms with van der Waals surface area (Å²) in [5, 5.41) is 6.07. The van der Waals surface area contributed by atoms with E-state index in [-0.39, 0.29) is 29.8 Å². The maximum Gasteiger partial charge on any atom is 0.240 e. The van der Waals surface area contributed by atoms with E-state index in [4.69, 9.17) is 0 Å². The highest BCUT2D eigenvalue weighted by Crippen LogP contribution is 2.12. The van der Waals surface area contributed by atoms with Gasteiger partial charge in [-0.2, -0.15) is 0 Å². The quantitative estimate of drug-likeness (QED) is 0.765. The lowest BCUT2D eigenvalue weighted by molar-refractivity contribution is -0.138. The molecule has 0 aromatic heterocycles. The largest absolute Gasteiger partial charge is 0.350 e. The van der Waals surface area contributed by atoms with Crippen LogP contribution in [0.5, 0.6) is 0 Å². The first kappa shape index (κ1) is 15.0. The van der Waals surface area contributed by atoms with Gasteiger partial charge in [-0.1, -0.05) is 0 Å². The van der Waals surface area contributed by atoms with Gasteiger partial charge >= 0.3 is 0 Å². The Morgan fingerprint density at radius 3 is 2.56 bits per heavy atom. The Bertz CT molecular complexity index is 304. The van der Waals surface area contributed by atoms with Crippen LogP contribution < -0.4 is 10.6 Å². The van der Waals surface area contributed by atoms with E-state index in [1.807, 2.05) is 20.8 Å². The van der Waals surface area contributed by atoms with E-state index in [9.17, 15) is 9.59 Å². The first-order valence-corrected chi connectivity index (χ1v) is 6.56. The number of piperidine rings is 1. The van der Waals surface area contributed by atoms with Crippen molar-refractivity contribution >= 4 is 11.8 Å². The van der Waals surface area contributed by atoms with Crippen molar-refractivity contribution in [2.45, 2.75) is 39.2 Å². The van der Waals surface area contributed by atoms with Gasteiger partial charge in [0.05, 0.1) is 12.5 Å². The second kappa shape index (κ2) is 6.18. The van der Waals surface area contributed by atoms with Crippen molar-refractivity contribution in [3.05, 3.63) is 0 Å². The lowest BCUT2D eigenvalue weighted by Crippen LogP contribution is -2.48. The number of nitrogens with zero attached hydrogens (tertiary/aromatic N) is 1. The third-order valence-corrected chi connectivity index (χ3v) is 2.92. The van der Waals surface area contributed by atoms with Gasteiger partial charge in [0, 0.05) is 19.1 Å². The number of hydrogen-bond donors (Lipinski definition) is 2. The predicted molar refractivity (Wildman–Crippen MR) is 71.1 cm³/mol. The molecule has 1 aliphatic heterocycles. The Hall–Kier alpha value is -1.10. The van der Waals surface area contributed by atoms with Gasteiger partial charge < -0.3 is 15.5 Å². The van der Waals surface area contributed by atoms with Crippen molar-refractivity contribution < 1.29 is 9.59 Å². The summed E-state index contributed by atoms with van der Waals surface area (Å²) < 4.78 is 0. The van der Waals surface area contributed by atoms with Crippen LogP contribution in [0.1, 0.15) is 33.6 Å². The topological polar surface area (TPSA) is 61.4 Å². The molecule has 0 unspecified atom stereocenters. The first-order valence-electron chi connectivity index (χ1n) is 6.56. The van der Waals surface area contributed by atoms with Crippen molar-refractivity contribution in [2.75, 3.05) is 26.7 Å². The molecule has 2 N–H and O–H groups in total. The number of rotatable bonds is 3. The fourth-order valence-corrected chi connectivity index (χ4v) is 2.13. The molecule has 5 heteroatoms. The van der Waals surface area contributed by atoms with Gasteiger partial charge in [0.15, 0.2) is 0 Å². The van der Waals surface area contributed by atoms with Gasteiger partial charge in [-0.15, -0.1) is 0 Å². The van der Waals surface area contributed by atoms with Crippen LogP contribution in [0.15, 0.2) is 0 Å². The lowest BCUT2D eigenvalue weighted by Gasteiger charge is -2.28. The minimum atomic E-state index is -0.257. The molecule has 1 rings (SSSR count). The highest BCUT2D eigenvalue weighted by molar-refractivity contribution is 5.86. The monoisotopic (exact) mass is 255 g/mol. The zero-order valence-corrected chi connectivity index (χ0v) is 11.9. The summed E-state index contributed by atoms with van der Waals surface area (Å²) in [5.74, 6) is -0.0282. The molecule has 0 spiro atoms. The Balaban J connectivity index is 2.41. The van der Waals surface area contributed by atoms with Crippen LogP contribution in [-0.4, -0.2) is 48.9 Å². The molecule has 1 fully saturated rings. The summed E-state index contributed by atoms with van der Waals surface area (Å²) in [5.41, 5.74) is -0.257. The molecule has 1 aliphatic rings. The number of carbonyl (C=O) groups excluding carboxylic acids is 2. The Kier molecular flexibility index (Phi) is 5.14. The molecule has 0 aliphatic carbocycles. The van der Waals surface area contributed by atoms with Crippen molar-refractivity contribution in [3.63, 3.8) is 0 Å². The van der Waals surface area contributed by atoms with Gasteiger partial charge in [-0.25, -0.2) is 0 Å². The number of likely N-dealkylation sites (N-methyl/N-ethyl adjacent to an activating group) is 1. The summed E-state index contributed by atoms with van der Waals surface area (Å²) in [7, 11) is 1.69. The maximum absolute atomic E-state index is 12.1. The van der Waals surface area contributed by atoms with Crippen LogP contribution in [0.2, 0.25) is 0 Å². The molecular formula is C13H25N3O2. The number of amides is 2. The molecule has 5 nitrogen and oxygen atoms in total. The highest BCUT2D eigenvalue weighted by atomic mass is 16.2. The molecule has 0 saturated carbocycles. The number of hydrogen-bond acceptors (Lipinski definition) is 3. The third kappa shape index (κ3) is 5.04. The molecule has 18 heavy (non-hydrogen) atoms. The minimum Gasteiger partial charge on any atom is -0.350 e. The van der Waals surface area contributed by atoms with Crippen LogP contribution in [0.25, 0.3) is 0 Å². The Morgan fingerprint density at radius 1 is 1.39 bits per heavy atom. The van der Waals surface area contributed by atoms with E-state index >= 15 is 0 Å². The van der Waals surface area contributed by atoms with Gasteiger partial charge in [0.25, 0.3) is 0 Å². The van der Waals surface area contributed by atoms with E-state index in [1.165, 1.54) is 4.90 Å². The molecule has 0 bridgehead atoms. The zero-order valence-electron chi connectivity index (χ0n) is 11.9. The Labute approximate surface area is 109 Å². The summed E-state index contributed by atoms with van der Waals surface area (Å²) in [6, 6.07) is 0. The fraction of sp³-hybridized carbons (Fsp3) is 0.846. The van der Waals surface area contributed by atoms with Gasteiger partial charge in [-0.05, 0) is 40.2 Å². The third-order valence-electron chi connectivity index (χ3n) is 2.92. The molecule has 0 aromatic carbocycles. The van der Waals surface area contributed by atoms with Crippen molar-refractivity contribution in [1.29, 1.82) is 0 Å². The molecular weight excluding hydrogens is 230 g/mol. The average molecular weight is 255 g/mol. The van der Waals surface area contributed by atoms with Crippen LogP contribution in [0.3, 0.4) is 0 Å². The number of nitrogens with one attached hydrogen (secondary N) is 2. The summed E-state index contributed by atoms with van der Waals surface area (Å²) >= 11 is 0. The van der Waals surface area contributed by atoms with E-state index in [2.05, 4.69) is 10.6 Å². The van der Waals surface area contributed by atoms with Crippen molar-refractivity contribution in [2.24, 2.45) is 5.92 Å². The predicted octanol–water partition coefficient (Wildman–Crippen LogP) is 0.359. The van der Waals surface area contributed by atoms with Crippen LogP contribution in [0, 0.1) is 5.92 Å². The SMILES string of the molecule is CN(CC(=O)NC(C)(C)C)C(=O)[C@H]1CCCNC1. The highest BCUT2D eigenvalue weighted by Gasteiger charge is 2.25. The van der Waals surface area contributed by atoms with Crippen LogP contribution in [0.4, 0.5) is 0 Å². The smallest absolute Gasteiger partial charge is 0.240 e. The second-order valence-electron chi connectivity index (χ2n) is 6.04. The normalized spacial score (nSPS) is 20.3. The minimum absolute atomic E-state index is 0.0196. The van der Waals surface area contributed by atoms with E-state index in [0.29, 0.717) is 0 Å². The summed E-state index contributed by atoms with van der Waals surface area (Å²) in [6.07, 6.45) is 1.94. The molecule has 1 saturated heterocycles. The molecule has 104 valence electrons. The Morgan fingerprint density at radius 2 is 2.06 bits per heavy atom. The van der Waals surface area contributed by atoms with E-state index < -0.39 is 0 Å². The molecule has 0 radical (unpaired) electrons. The second-order valence-corrected chi connectivity index (χ2v) is 6.04. The van der Waals surface area contributed by atoms with Crippen LogP contribution >= 0.6 is 0 Å². The van der Waals surface area contributed by atoms with Gasteiger partial charge in [0.2, 0.25) is 11.8 Å². The van der Waals surface area contributed by atoms with E-state index in [0.717, 1.165) is 25.9 Å². The first-order chi connectivity index (χ1) is 8.29. The molecule has 1 heterocycles. The average Bonchev–Trinajstić information content (AvgIpc) is 2.26. The van der Waals surface area contributed by atoms with Crippen molar-refractivity contribution in [3.8, 4) is 0 Å². The molecule has 2 amide bonds. The van der Waals surface area contributed by atoms with Gasteiger partial charge in [0.1, 0.15) is 0 Å². The standard InChI is InChI=1S/C13H25N3O2/c1-13(2,3)15-11(17)9-16(4)12(18)10-6-5-7-14-8-10/h10,14H,5-9H2,1-4H3,(H,15,17)/t10-/m0/s1. The summed E-state index contributed by atoms with van der Waals surface area (Å²) in [6.45, 7) is 7.63. The maximum atomic E-state index is 12.1. The number of carbonyl (C=O) groups is 2. The molecule has 1 atom stereocenters. The fourth-order valence-electron chi connectivity index (χ4n) is 2.13. The molecule has 0 aromatic rings. The van der Waals surface area contributed by atoms with E-state index in [1.54, 1.807) is 7.05 Å².